The fraction of sp³-hybridized carbons (Fsp3) is 0.0500. The van der Waals surface area contributed by atoms with Crippen molar-refractivity contribution in [2.45, 2.75) is 0 Å². The average Bonchev–Trinajstić information content (AvgIpc) is 3.34. The van der Waals surface area contributed by atoms with Crippen LogP contribution in [0.3, 0.4) is 0 Å². The first-order valence-electron chi connectivity index (χ1n) is 8.16. The topological polar surface area (TPSA) is 76.7 Å². The second-order valence-corrected chi connectivity index (χ2v) is 6.66. The van der Waals surface area contributed by atoms with E-state index < -0.39 is 0 Å². The summed E-state index contributed by atoms with van der Waals surface area (Å²) in [5.41, 5.74) is 5.22. The number of carbonyl (C=O) groups excluding carboxylic acids is 1. The molecular formula is C20H15N3O3S. The van der Waals surface area contributed by atoms with Crippen molar-refractivity contribution in [3.8, 4) is 11.3 Å². The minimum absolute atomic E-state index is 0.366. The van der Waals surface area contributed by atoms with E-state index in [1.165, 1.54) is 18.4 Å². The second-order valence-electron chi connectivity index (χ2n) is 5.63. The summed E-state index contributed by atoms with van der Waals surface area (Å²) in [6, 6.07) is 18.6. The lowest BCUT2D eigenvalue weighted by atomic mass is 10.1. The van der Waals surface area contributed by atoms with E-state index in [4.69, 9.17) is 9.15 Å². The van der Waals surface area contributed by atoms with Crippen molar-refractivity contribution in [2.75, 3.05) is 12.5 Å². The van der Waals surface area contributed by atoms with Gasteiger partial charge in [-0.3, -0.25) is 5.43 Å². The number of nitrogens with one attached hydrogen (secondary N) is 1. The third-order valence-electron chi connectivity index (χ3n) is 3.86. The first-order chi connectivity index (χ1) is 13.2. The van der Waals surface area contributed by atoms with Gasteiger partial charge in [0, 0.05) is 5.56 Å². The number of nitrogens with zero attached hydrogens (tertiary/aromatic N) is 2. The summed E-state index contributed by atoms with van der Waals surface area (Å²) in [5.74, 6) is 0.929. The van der Waals surface area contributed by atoms with Crippen LogP contribution in [0.15, 0.2) is 70.2 Å². The van der Waals surface area contributed by atoms with Gasteiger partial charge in [0.25, 0.3) is 0 Å². The number of fused-ring (bicyclic) bond motifs is 1. The molecule has 2 aromatic heterocycles. The van der Waals surface area contributed by atoms with Gasteiger partial charge in [-0.15, -0.1) is 0 Å². The maximum Gasteiger partial charge on any atom is 0.337 e. The standard InChI is InChI=1S/C20H15N3O3S/c1-25-19(24)14-8-6-13(7-9-14)17-11-10-15(26-17)12-21-23-20-22-16-4-2-3-5-18(16)27-20/h2-12H,1H3,(H,22,23). The summed E-state index contributed by atoms with van der Waals surface area (Å²) >= 11 is 1.54. The number of hydrogen-bond acceptors (Lipinski definition) is 7. The number of ether oxygens (including phenoxy) is 1. The molecule has 1 N–H and O–H groups in total. The highest BCUT2D eigenvalue weighted by molar-refractivity contribution is 7.22. The van der Waals surface area contributed by atoms with E-state index in [1.54, 1.807) is 18.3 Å². The van der Waals surface area contributed by atoms with Crippen LogP contribution >= 0.6 is 11.3 Å². The molecule has 0 spiro atoms. The Kier molecular flexibility index (Phi) is 4.67. The summed E-state index contributed by atoms with van der Waals surface area (Å²) in [6.07, 6.45) is 1.60. The van der Waals surface area contributed by atoms with Gasteiger partial charge in [0.15, 0.2) is 0 Å². The van der Waals surface area contributed by atoms with Gasteiger partial charge in [-0.05, 0) is 36.4 Å². The van der Waals surface area contributed by atoms with Crippen LogP contribution in [-0.4, -0.2) is 24.3 Å². The van der Waals surface area contributed by atoms with Gasteiger partial charge in [0.2, 0.25) is 5.13 Å². The van der Waals surface area contributed by atoms with Crippen LogP contribution < -0.4 is 5.43 Å². The molecule has 2 heterocycles. The molecular weight excluding hydrogens is 362 g/mol. The maximum atomic E-state index is 11.5. The van der Waals surface area contributed by atoms with Crippen molar-refractivity contribution < 1.29 is 13.9 Å². The smallest absolute Gasteiger partial charge is 0.337 e. The fourth-order valence-electron chi connectivity index (χ4n) is 2.54. The lowest BCUT2D eigenvalue weighted by molar-refractivity contribution is 0.0600. The Hall–Kier alpha value is -3.45. The van der Waals surface area contributed by atoms with Crippen molar-refractivity contribution in [1.82, 2.24) is 4.98 Å². The molecule has 0 saturated heterocycles. The summed E-state index contributed by atoms with van der Waals surface area (Å²) in [7, 11) is 1.36. The monoisotopic (exact) mass is 377 g/mol. The van der Waals surface area contributed by atoms with Gasteiger partial charge in [-0.25, -0.2) is 9.78 Å². The Labute approximate surface area is 159 Å². The first kappa shape index (κ1) is 17.0. The molecule has 0 atom stereocenters. The zero-order valence-electron chi connectivity index (χ0n) is 14.4. The van der Waals surface area contributed by atoms with Crippen molar-refractivity contribution in [1.29, 1.82) is 0 Å². The molecule has 0 saturated carbocycles. The number of furan rings is 1. The largest absolute Gasteiger partial charge is 0.465 e. The van der Waals surface area contributed by atoms with E-state index in [1.807, 2.05) is 48.5 Å². The molecule has 134 valence electrons. The van der Waals surface area contributed by atoms with E-state index in [9.17, 15) is 4.79 Å². The minimum atomic E-state index is -0.366. The van der Waals surface area contributed by atoms with Crippen molar-refractivity contribution >= 4 is 38.9 Å². The minimum Gasteiger partial charge on any atom is -0.465 e. The summed E-state index contributed by atoms with van der Waals surface area (Å²) in [6.45, 7) is 0. The summed E-state index contributed by atoms with van der Waals surface area (Å²) in [4.78, 5) is 15.9. The number of hydrogen-bond donors (Lipinski definition) is 1. The molecule has 0 aliphatic carbocycles. The van der Waals surface area contributed by atoms with E-state index >= 15 is 0 Å². The Balaban J connectivity index is 1.44. The molecule has 0 amide bonds. The van der Waals surface area contributed by atoms with Gasteiger partial charge >= 0.3 is 5.97 Å². The zero-order chi connectivity index (χ0) is 18.6. The Bertz CT molecular complexity index is 1080. The first-order valence-corrected chi connectivity index (χ1v) is 8.98. The highest BCUT2D eigenvalue weighted by Crippen LogP contribution is 2.25. The number of hydrazone groups is 1. The van der Waals surface area contributed by atoms with E-state index in [0.717, 1.165) is 20.9 Å². The molecule has 4 rings (SSSR count). The molecule has 27 heavy (non-hydrogen) atoms. The number of esters is 1. The van der Waals surface area contributed by atoms with Crippen LogP contribution in [0.1, 0.15) is 16.1 Å². The number of methoxy groups -OCH3 is 1. The molecule has 0 aliphatic heterocycles. The third-order valence-corrected chi connectivity index (χ3v) is 4.80. The highest BCUT2D eigenvalue weighted by Gasteiger charge is 2.08. The zero-order valence-corrected chi connectivity index (χ0v) is 15.2. The van der Waals surface area contributed by atoms with Gasteiger partial charge < -0.3 is 9.15 Å². The average molecular weight is 377 g/mol. The van der Waals surface area contributed by atoms with E-state index in [-0.39, 0.29) is 5.97 Å². The Morgan fingerprint density at radius 3 is 2.74 bits per heavy atom. The van der Waals surface area contributed by atoms with Gasteiger partial charge in [-0.1, -0.05) is 35.6 Å². The maximum absolute atomic E-state index is 11.5. The molecule has 2 aromatic carbocycles. The number of anilines is 1. The number of thiazole rings is 1. The van der Waals surface area contributed by atoms with Crippen molar-refractivity contribution in [3.63, 3.8) is 0 Å². The third kappa shape index (κ3) is 3.73. The van der Waals surface area contributed by atoms with Crippen LogP contribution in [0.5, 0.6) is 0 Å². The predicted molar refractivity (Wildman–Crippen MR) is 106 cm³/mol. The molecule has 0 unspecified atom stereocenters. The molecule has 0 bridgehead atoms. The molecule has 0 fully saturated rings. The number of benzene rings is 2. The van der Waals surface area contributed by atoms with Gasteiger partial charge in [0.1, 0.15) is 11.5 Å². The van der Waals surface area contributed by atoms with Gasteiger partial charge in [0.05, 0.1) is 29.1 Å². The normalized spacial score (nSPS) is 11.1. The second kappa shape index (κ2) is 7.43. The van der Waals surface area contributed by atoms with Crippen LogP contribution in [0.4, 0.5) is 5.13 Å². The van der Waals surface area contributed by atoms with Gasteiger partial charge in [-0.2, -0.15) is 5.10 Å². The van der Waals surface area contributed by atoms with Crippen LogP contribution in [0.25, 0.3) is 21.5 Å². The SMILES string of the molecule is COC(=O)c1ccc(-c2ccc(C=NNc3nc4ccccc4s3)o2)cc1. The summed E-state index contributed by atoms with van der Waals surface area (Å²) < 4.78 is 11.6. The molecule has 6 nitrogen and oxygen atoms in total. The van der Waals surface area contributed by atoms with E-state index in [0.29, 0.717) is 17.1 Å². The highest BCUT2D eigenvalue weighted by atomic mass is 32.1. The predicted octanol–water partition coefficient (Wildman–Crippen LogP) is 4.79. The van der Waals surface area contributed by atoms with Crippen molar-refractivity contribution in [3.05, 3.63) is 72.0 Å². The Morgan fingerprint density at radius 1 is 1.15 bits per heavy atom. The number of carbonyl (C=O) groups is 1. The van der Waals surface area contributed by atoms with Crippen LogP contribution in [-0.2, 0) is 4.74 Å². The fourth-order valence-corrected chi connectivity index (χ4v) is 3.35. The summed E-state index contributed by atoms with van der Waals surface area (Å²) in [5, 5.41) is 4.90. The van der Waals surface area contributed by atoms with E-state index in [2.05, 4.69) is 15.5 Å². The lowest BCUT2D eigenvalue weighted by Gasteiger charge is -2.00. The molecule has 4 aromatic rings. The lowest BCUT2D eigenvalue weighted by Crippen LogP contribution is -2.00. The van der Waals surface area contributed by atoms with Crippen LogP contribution in [0, 0.1) is 0 Å². The number of aromatic nitrogens is 1. The molecule has 7 heteroatoms. The van der Waals surface area contributed by atoms with Crippen LogP contribution in [0.2, 0.25) is 0 Å². The number of para-hydroxylation sites is 1. The Morgan fingerprint density at radius 2 is 1.96 bits per heavy atom. The molecule has 0 aliphatic rings. The van der Waals surface area contributed by atoms with Crippen molar-refractivity contribution in [2.24, 2.45) is 5.10 Å². The molecule has 0 radical (unpaired) electrons. The number of rotatable bonds is 5. The quantitative estimate of drug-likeness (QED) is 0.307.